The minimum absolute atomic E-state index is 0.658. The topological polar surface area (TPSA) is 36.7 Å². The van der Waals surface area contributed by atoms with Crippen molar-refractivity contribution < 1.29 is 0 Å². The smallest absolute Gasteiger partial charge is 0.0991 e. The fraction of sp³-hybridized carbons (Fsp3) is 0. The van der Waals surface area contributed by atoms with Crippen molar-refractivity contribution in [2.45, 2.75) is 0 Å². The number of hydrogen-bond acceptors (Lipinski definition) is 2. The second-order valence-corrected chi connectivity index (χ2v) is 4.45. The molecule has 0 radical (unpaired) electrons. The lowest BCUT2D eigenvalue weighted by Gasteiger charge is -2.08. The first kappa shape index (κ1) is 12.1. The summed E-state index contributed by atoms with van der Waals surface area (Å²) in [6.07, 6.45) is 1.79. The molecular formula is C18H12N2. The maximum absolute atomic E-state index is 8.87. The van der Waals surface area contributed by atoms with Gasteiger partial charge in [0.1, 0.15) is 0 Å². The second kappa shape index (κ2) is 5.38. The van der Waals surface area contributed by atoms with Crippen LogP contribution in [0.3, 0.4) is 0 Å². The molecule has 0 saturated carbocycles. The molecule has 0 spiro atoms. The van der Waals surface area contributed by atoms with E-state index in [-0.39, 0.29) is 0 Å². The molecule has 1 heterocycles. The van der Waals surface area contributed by atoms with Crippen molar-refractivity contribution in [3.8, 4) is 28.5 Å². The van der Waals surface area contributed by atoms with Gasteiger partial charge in [-0.3, -0.25) is 4.98 Å². The van der Waals surface area contributed by atoms with Crippen LogP contribution in [0.1, 0.15) is 5.56 Å². The fourth-order valence-corrected chi connectivity index (χ4v) is 2.19. The van der Waals surface area contributed by atoms with E-state index < -0.39 is 0 Å². The van der Waals surface area contributed by atoms with E-state index >= 15 is 0 Å². The predicted octanol–water partition coefficient (Wildman–Crippen LogP) is 4.29. The zero-order valence-electron chi connectivity index (χ0n) is 10.8. The number of hydrogen-bond donors (Lipinski definition) is 0. The Morgan fingerprint density at radius 3 is 2.20 bits per heavy atom. The summed E-state index contributed by atoms with van der Waals surface area (Å²) in [7, 11) is 0. The highest BCUT2D eigenvalue weighted by atomic mass is 14.7. The molecule has 2 aromatic carbocycles. The third-order valence-corrected chi connectivity index (χ3v) is 3.18. The van der Waals surface area contributed by atoms with Gasteiger partial charge in [-0.05, 0) is 23.8 Å². The summed E-state index contributed by atoms with van der Waals surface area (Å²) in [4.78, 5) is 4.50. The van der Waals surface area contributed by atoms with Crippen LogP contribution >= 0.6 is 0 Å². The average molecular weight is 256 g/mol. The molecule has 0 aliphatic rings. The van der Waals surface area contributed by atoms with Gasteiger partial charge in [0.15, 0.2) is 0 Å². The van der Waals surface area contributed by atoms with E-state index in [4.69, 9.17) is 5.26 Å². The first-order chi connectivity index (χ1) is 9.88. The van der Waals surface area contributed by atoms with Crippen molar-refractivity contribution >= 4 is 0 Å². The molecular weight excluding hydrogens is 244 g/mol. The molecule has 0 bridgehead atoms. The van der Waals surface area contributed by atoms with Crippen LogP contribution in [0, 0.1) is 11.3 Å². The molecule has 2 nitrogen and oxygen atoms in total. The van der Waals surface area contributed by atoms with E-state index in [1.54, 1.807) is 6.20 Å². The lowest BCUT2D eigenvalue weighted by molar-refractivity contribution is 1.32. The number of rotatable bonds is 2. The maximum Gasteiger partial charge on any atom is 0.0991 e. The summed E-state index contributed by atoms with van der Waals surface area (Å²) in [5, 5.41) is 8.87. The van der Waals surface area contributed by atoms with Gasteiger partial charge < -0.3 is 0 Å². The quantitative estimate of drug-likeness (QED) is 0.686. The Morgan fingerprint density at radius 1 is 0.750 bits per heavy atom. The van der Waals surface area contributed by atoms with Gasteiger partial charge in [-0.25, -0.2) is 0 Å². The SMILES string of the molecule is N#Cc1ccc(-c2ncccc2-c2ccccc2)cc1. The summed E-state index contributed by atoms with van der Waals surface area (Å²) in [6, 6.07) is 23.8. The molecule has 0 N–H and O–H groups in total. The van der Waals surface area contributed by atoms with Gasteiger partial charge in [-0.2, -0.15) is 5.26 Å². The summed E-state index contributed by atoms with van der Waals surface area (Å²) in [5.41, 5.74) is 4.84. The van der Waals surface area contributed by atoms with E-state index in [1.807, 2.05) is 48.5 Å². The van der Waals surface area contributed by atoms with Crippen molar-refractivity contribution in [1.29, 1.82) is 5.26 Å². The Kier molecular flexibility index (Phi) is 3.26. The molecule has 0 saturated heterocycles. The minimum atomic E-state index is 0.658. The van der Waals surface area contributed by atoms with Crippen molar-refractivity contribution in [2.75, 3.05) is 0 Å². The van der Waals surface area contributed by atoms with Gasteiger partial charge in [0.25, 0.3) is 0 Å². The summed E-state index contributed by atoms with van der Waals surface area (Å²) >= 11 is 0. The Hall–Kier alpha value is -2.92. The van der Waals surface area contributed by atoms with Crippen LogP contribution in [-0.4, -0.2) is 4.98 Å². The van der Waals surface area contributed by atoms with Crippen LogP contribution in [-0.2, 0) is 0 Å². The third kappa shape index (κ3) is 2.30. The number of pyridine rings is 1. The van der Waals surface area contributed by atoms with Crippen molar-refractivity contribution in [3.05, 3.63) is 78.5 Å². The lowest BCUT2D eigenvalue weighted by Crippen LogP contribution is -1.88. The molecule has 3 aromatic rings. The Morgan fingerprint density at radius 2 is 1.50 bits per heavy atom. The van der Waals surface area contributed by atoms with Gasteiger partial charge in [0.2, 0.25) is 0 Å². The van der Waals surface area contributed by atoms with Gasteiger partial charge in [-0.1, -0.05) is 48.5 Å². The van der Waals surface area contributed by atoms with E-state index in [0.717, 1.165) is 22.4 Å². The molecule has 0 aliphatic heterocycles. The average Bonchev–Trinajstić information content (AvgIpc) is 2.56. The van der Waals surface area contributed by atoms with Crippen LogP contribution < -0.4 is 0 Å². The van der Waals surface area contributed by atoms with E-state index in [1.165, 1.54) is 0 Å². The number of aromatic nitrogens is 1. The molecule has 0 fully saturated rings. The molecule has 3 rings (SSSR count). The number of nitriles is 1. The van der Waals surface area contributed by atoms with Crippen molar-refractivity contribution in [2.24, 2.45) is 0 Å². The van der Waals surface area contributed by atoms with E-state index in [0.29, 0.717) is 5.56 Å². The Bertz CT molecular complexity index is 753. The molecule has 0 atom stereocenters. The molecule has 20 heavy (non-hydrogen) atoms. The van der Waals surface area contributed by atoms with Gasteiger partial charge in [0.05, 0.1) is 17.3 Å². The third-order valence-electron chi connectivity index (χ3n) is 3.18. The van der Waals surface area contributed by atoms with E-state index in [2.05, 4.69) is 29.3 Å². The normalized spacial score (nSPS) is 9.95. The van der Waals surface area contributed by atoms with Gasteiger partial charge in [0, 0.05) is 17.3 Å². The summed E-state index contributed by atoms with van der Waals surface area (Å²) in [6.45, 7) is 0. The minimum Gasteiger partial charge on any atom is -0.256 e. The van der Waals surface area contributed by atoms with Crippen molar-refractivity contribution in [3.63, 3.8) is 0 Å². The molecule has 1 aromatic heterocycles. The van der Waals surface area contributed by atoms with Crippen LogP contribution in [0.15, 0.2) is 72.9 Å². The standard InChI is InChI=1S/C18H12N2/c19-13-14-8-10-16(11-9-14)18-17(7-4-12-20-18)15-5-2-1-3-6-15/h1-12H. The van der Waals surface area contributed by atoms with Crippen LogP contribution in [0.2, 0.25) is 0 Å². The van der Waals surface area contributed by atoms with Crippen LogP contribution in [0.25, 0.3) is 22.4 Å². The first-order valence-corrected chi connectivity index (χ1v) is 6.39. The fourth-order valence-electron chi connectivity index (χ4n) is 2.19. The van der Waals surface area contributed by atoms with Crippen LogP contribution in [0.5, 0.6) is 0 Å². The summed E-state index contributed by atoms with van der Waals surface area (Å²) in [5.74, 6) is 0. The summed E-state index contributed by atoms with van der Waals surface area (Å²) < 4.78 is 0. The zero-order chi connectivity index (χ0) is 13.8. The molecule has 2 heteroatoms. The molecule has 0 amide bonds. The Balaban J connectivity index is 2.12. The zero-order valence-corrected chi connectivity index (χ0v) is 10.8. The first-order valence-electron chi connectivity index (χ1n) is 6.39. The molecule has 94 valence electrons. The number of benzene rings is 2. The number of nitrogens with zero attached hydrogens (tertiary/aromatic N) is 2. The highest BCUT2D eigenvalue weighted by molar-refractivity contribution is 5.80. The predicted molar refractivity (Wildman–Crippen MR) is 79.8 cm³/mol. The monoisotopic (exact) mass is 256 g/mol. The Labute approximate surface area is 118 Å². The highest BCUT2D eigenvalue weighted by Gasteiger charge is 2.07. The van der Waals surface area contributed by atoms with Crippen molar-refractivity contribution in [1.82, 2.24) is 4.98 Å². The highest BCUT2D eigenvalue weighted by Crippen LogP contribution is 2.29. The van der Waals surface area contributed by atoms with Gasteiger partial charge >= 0.3 is 0 Å². The van der Waals surface area contributed by atoms with Gasteiger partial charge in [-0.15, -0.1) is 0 Å². The molecule has 0 unspecified atom stereocenters. The maximum atomic E-state index is 8.87. The lowest BCUT2D eigenvalue weighted by atomic mass is 9.99. The second-order valence-electron chi connectivity index (χ2n) is 4.45. The molecule has 0 aliphatic carbocycles. The van der Waals surface area contributed by atoms with E-state index in [9.17, 15) is 0 Å². The van der Waals surface area contributed by atoms with Crippen LogP contribution in [0.4, 0.5) is 0 Å². The largest absolute Gasteiger partial charge is 0.256 e.